The number of nitrogens with one attached hydrogen (secondary N) is 1. The monoisotopic (exact) mass is 410 g/mol. The Labute approximate surface area is 162 Å². The number of sulfonamides is 1. The molecule has 0 radical (unpaired) electrons. The van der Waals surface area contributed by atoms with Crippen LogP contribution in [0.4, 0.5) is 20.2 Å². The van der Waals surface area contributed by atoms with Crippen molar-refractivity contribution in [2.45, 2.75) is 25.7 Å². The van der Waals surface area contributed by atoms with Crippen molar-refractivity contribution < 1.29 is 26.7 Å². The Hall–Kier alpha value is -2.68. The first-order valence-electron chi connectivity index (χ1n) is 8.62. The molecule has 0 spiro atoms. The third-order valence-corrected chi connectivity index (χ3v) is 5.81. The summed E-state index contributed by atoms with van der Waals surface area (Å²) in [5, 5.41) is 0. The van der Waals surface area contributed by atoms with Gasteiger partial charge in [0.2, 0.25) is 5.91 Å². The molecule has 28 heavy (non-hydrogen) atoms. The van der Waals surface area contributed by atoms with Crippen LogP contribution in [0.2, 0.25) is 0 Å². The molecule has 1 aliphatic rings. The van der Waals surface area contributed by atoms with Gasteiger partial charge in [0.05, 0.1) is 16.8 Å². The largest absolute Gasteiger partial charge is 0.490 e. The van der Waals surface area contributed by atoms with E-state index in [2.05, 4.69) is 4.72 Å². The van der Waals surface area contributed by atoms with Crippen LogP contribution in [-0.4, -0.2) is 27.5 Å². The molecule has 1 heterocycles. The summed E-state index contributed by atoms with van der Waals surface area (Å²) in [7, 11) is -4.36. The van der Waals surface area contributed by atoms with Gasteiger partial charge >= 0.3 is 0 Å². The number of halogens is 2. The summed E-state index contributed by atoms with van der Waals surface area (Å²) >= 11 is 0. The fourth-order valence-electron chi connectivity index (χ4n) is 2.92. The summed E-state index contributed by atoms with van der Waals surface area (Å²) in [5.74, 6) is -1.72. The van der Waals surface area contributed by atoms with Crippen molar-refractivity contribution >= 4 is 27.3 Å². The molecule has 1 N–H and O–H groups in total. The van der Waals surface area contributed by atoms with Crippen LogP contribution in [0.25, 0.3) is 0 Å². The van der Waals surface area contributed by atoms with Crippen LogP contribution < -0.4 is 14.4 Å². The molecule has 6 nitrogen and oxygen atoms in total. The molecule has 0 aromatic heterocycles. The summed E-state index contributed by atoms with van der Waals surface area (Å²) in [6.07, 6.45) is 0. The molecule has 3 rings (SSSR count). The zero-order valence-corrected chi connectivity index (χ0v) is 16.4. The van der Waals surface area contributed by atoms with E-state index in [4.69, 9.17) is 4.74 Å². The highest BCUT2D eigenvalue weighted by atomic mass is 32.2. The van der Waals surface area contributed by atoms with Gasteiger partial charge in [-0.1, -0.05) is 0 Å². The minimum Gasteiger partial charge on any atom is -0.490 e. The Balaban J connectivity index is 1.98. The van der Waals surface area contributed by atoms with Crippen molar-refractivity contribution in [2.24, 2.45) is 5.41 Å². The number of nitrogens with zero attached hydrogens (tertiary/aromatic N) is 1. The molecule has 2 aromatic rings. The van der Waals surface area contributed by atoms with E-state index in [1.54, 1.807) is 24.8 Å². The topological polar surface area (TPSA) is 75.7 Å². The Bertz CT molecular complexity index is 1040. The predicted molar refractivity (Wildman–Crippen MR) is 101 cm³/mol. The van der Waals surface area contributed by atoms with Gasteiger partial charge in [0.15, 0.2) is 0 Å². The summed E-state index contributed by atoms with van der Waals surface area (Å²) in [6.45, 7) is 5.88. The van der Waals surface area contributed by atoms with Gasteiger partial charge in [-0.25, -0.2) is 17.2 Å². The minimum atomic E-state index is -4.36. The van der Waals surface area contributed by atoms with Crippen LogP contribution in [0.5, 0.6) is 5.75 Å². The molecule has 0 bridgehead atoms. The molecule has 0 saturated carbocycles. The van der Waals surface area contributed by atoms with E-state index in [0.29, 0.717) is 24.0 Å². The van der Waals surface area contributed by atoms with E-state index in [1.165, 1.54) is 12.1 Å². The molecule has 1 aliphatic heterocycles. The van der Waals surface area contributed by atoms with Crippen LogP contribution in [0.3, 0.4) is 0 Å². The van der Waals surface area contributed by atoms with Gasteiger partial charge in [-0.2, -0.15) is 0 Å². The van der Waals surface area contributed by atoms with Crippen molar-refractivity contribution in [1.82, 2.24) is 0 Å². The first-order chi connectivity index (χ1) is 13.0. The summed E-state index contributed by atoms with van der Waals surface area (Å²) < 4.78 is 60.1. The lowest BCUT2D eigenvalue weighted by Crippen LogP contribution is -2.42. The average molecular weight is 410 g/mol. The van der Waals surface area contributed by atoms with Gasteiger partial charge in [-0.3, -0.25) is 9.52 Å². The lowest BCUT2D eigenvalue weighted by Gasteiger charge is -2.26. The number of hydrogen-bond donors (Lipinski definition) is 1. The van der Waals surface area contributed by atoms with Gasteiger partial charge < -0.3 is 9.64 Å². The molecule has 0 saturated heterocycles. The molecular formula is C19H20F2N2O4S. The van der Waals surface area contributed by atoms with Gasteiger partial charge in [0.25, 0.3) is 10.0 Å². The number of ether oxygens (including phenoxy) is 1. The number of anilines is 2. The van der Waals surface area contributed by atoms with Gasteiger partial charge in [-0.05, 0) is 51.1 Å². The smallest absolute Gasteiger partial charge is 0.264 e. The number of rotatable bonds is 4. The Morgan fingerprint density at radius 2 is 1.89 bits per heavy atom. The second kappa shape index (κ2) is 7.05. The van der Waals surface area contributed by atoms with Crippen molar-refractivity contribution in [2.75, 3.05) is 22.8 Å². The summed E-state index contributed by atoms with van der Waals surface area (Å²) in [5.41, 5.74) is -0.136. The van der Waals surface area contributed by atoms with Gasteiger partial charge in [0.1, 0.15) is 28.9 Å². The van der Waals surface area contributed by atoms with Crippen LogP contribution in [-0.2, 0) is 14.8 Å². The third-order valence-electron chi connectivity index (χ3n) is 4.41. The Kier molecular flexibility index (Phi) is 5.05. The van der Waals surface area contributed by atoms with E-state index in [1.807, 2.05) is 6.92 Å². The lowest BCUT2D eigenvalue weighted by molar-refractivity contribution is -0.127. The van der Waals surface area contributed by atoms with Crippen molar-refractivity contribution in [1.29, 1.82) is 0 Å². The zero-order chi connectivity index (χ0) is 20.7. The Morgan fingerprint density at radius 1 is 1.18 bits per heavy atom. The van der Waals surface area contributed by atoms with E-state index >= 15 is 0 Å². The highest BCUT2D eigenvalue weighted by Gasteiger charge is 2.37. The molecule has 9 heteroatoms. The number of amides is 1. The second-order valence-corrected chi connectivity index (χ2v) is 8.74. The highest BCUT2D eigenvalue weighted by Crippen LogP contribution is 2.38. The minimum absolute atomic E-state index is 0.102. The van der Waals surface area contributed by atoms with E-state index in [-0.39, 0.29) is 18.2 Å². The number of carbonyl (C=O) groups is 1. The zero-order valence-electron chi connectivity index (χ0n) is 15.6. The number of hydrogen-bond acceptors (Lipinski definition) is 4. The maximum Gasteiger partial charge on any atom is 0.264 e. The lowest BCUT2D eigenvalue weighted by atomic mass is 9.93. The molecule has 0 atom stereocenters. The highest BCUT2D eigenvalue weighted by molar-refractivity contribution is 7.92. The molecule has 0 unspecified atom stereocenters. The maximum atomic E-state index is 13.9. The standard InChI is InChI=1S/C19H20F2N2O4S/c1-4-23-15-8-6-13(10-16(15)27-11-19(2,3)18(23)24)22-28(25,26)17-9-12(20)5-7-14(17)21/h5-10,22H,4,11H2,1-3H3. The molecule has 0 aliphatic carbocycles. The molecule has 1 amide bonds. The maximum absolute atomic E-state index is 13.9. The molecule has 2 aromatic carbocycles. The second-order valence-electron chi connectivity index (χ2n) is 7.08. The molecule has 150 valence electrons. The van der Waals surface area contributed by atoms with Gasteiger partial charge in [0, 0.05) is 12.6 Å². The average Bonchev–Trinajstić information content (AvgIpc) is 2.72. The molecular weight excluding hydrogens is 390 g/mol. The van der Waals surface area contributed by atoms with E-state index in [0.717, 1.165) is 12.1 Å². The number of benzene rings is 2. The summed E-state index contributed by atoms with van der Waals surface area (Å²) in [6, 6.07) is 6.60. The van der Waals surface area contributed by atoms with Crippen LogP contribution >= 0.6 is 0 Å². The SMILES string of the molecule is CCN1C(=O)C(C)(C)COc2cc(NS(=O)(=O)c3cc(F)ccc3F)ccc21. The first kappa shape index (κ1) is 20.1. The van der Waals surface area contributed by atoms with E-state index in [9.17, 15) is 22.0 Å². The quantitative estimate of drug-likeness (QED) is 0.837. The van der Waals surface area contributed by atoms with E-state index < -0.39 is 32.0 Å². The first-order valence-corrected chi connectivity index (χ1v) is 10.1. The van der Waals surface area contributed by atoms with Gasteiger partial charge in [-0.15, -0.1) is 0 Å². The fourth-order valence-corrected chi connectivity index (χ4v) is 4.06. The van der Waals surface area contributed by atoms with Crippen LogP contribution in [0, 0.1) is 17.0 Å². The number of carbonyl (C=O) groups excluding carboxylic acids is 1. The predicted octanol–water partition coefficient (Wildman–Crippen LogP) is 3.54. The van der Waals surface area contributed by atoms with Crippen molar-refractivity contribution in [3.8, 4) is 5.75 Å². The van der Waals surface area contributed by atoms with Crippen molar-refractivity contribution in [3.05, 3.63) is 48.0 Å². The third kappa shape index (κ3) is 3.66. The van der Waals surface area contributed by atoms with Crippen molar-refractivity contribution in [3.63, 3.8) is 0 Å². The normalized spacial score (nSPS) is 16.2. The van der Waals surface area contributed by atoms with Crippen LogP contribution in [0.1, 0.15) is 20.8 Å². The molecule has 0 fully saturated rings. The Morgan fingerprint density at radius 3 is 2.57 bits per heavy atom. The summed E-state index contributed by atoms with van der Waals surface area (Å²) in [4.78, 5) is 13.5. The number of fused-ring (bicyclic) bond motifs is 1. The fraction of sp³-hybridized carbons (Fsp3) is 0.316. The van der Waals surface area contributed by atoms with Crippen LogP contribution in [0.15, 0.2) is 41.3 Å².